The Morgan fingerprint density at radius 3 is 2.80 bits per heavy atom. The van der Waals surface area contributed by atoms with E-state index in [-0.39, 0.29) is 11.7 Å². The average molecular weight is 310 g/mol. The van der Waals surface area contributed by atoms with Crippen LogP contribution in [0.1, 0.15) is 33.3 Å². The minimum atomic E-state index is -3.01. The van der Waals surface area contributed by atoms with Crippen molar-refractivity contribution in [3.05, 3.63) is 34.7 Å². The minimum absolute atomic E-state index is 0.271. The van der Waals surface area contributed by atoms with Crippen LogP contribution in [0.15, 0.2) is 24.3 Å². The monoisotopic (exact) mass is 310 g/mol. The number of esters is 1. The third-order valence-corrected chi connectivity index (χ3v) is 6.96. The molecule has 1 aromatic heterocycles. The van der Waals surface area contributed by atoms with E-state index in [4.69, 9.17) is 4.74 Å². The van der Waals surface area contributed by atoms with Crippen molar-refractivity contribution in [2.75, 3.05) is 12.9 Å². The molecule has 1 aromatic carbocycles. The highest BCUT2D eigenvalue weighted by Gasteiger charge is 2.32. The molecule has 1 aliphatic rings. The van der Waals surface area contributed by atoms with E-state index in [1.54, 1.807) is 6.07 Å². The van der Waals surface area contributed by atoms with Gasteiger partial charge in [0.05, 0.1) is 18.1 Å². The number of fused-ring (bicyclic) bond motifs is 1. The second-order valence-corrected chi connectivity index (χ2v) is 8.28. The summed E-state index contributed by atoms with van der Waals surface area (Å²) in [6.45, 7) is 0. The number of carbonyl (C=O) groups is 1. The van der Waals surface area contributed by atoms with Gasteiger partial charge < -0.3 is 4.74 Å². The van der Waals surface area contributed by atoms with Gasteiger partial charge in [0.2, 0.25) is 0 Å². The first-order chi connectivity index (χ1) is 9.51. The van der Waals surface area contributed by atoms with E-state index in [9.17, 15) is 13.2 Å². The molecule has 2 heterocycles. The van der Waals surface area contributed by atoms with Crippen LogP contribution in [0.2, 0.25) is 0 Å². The molecule has 1 saturated heterocycles. The number of benzene rings is 1. The summed E-state index contributed by atoms with van der Waals surface area (Å²) >= 11 is 1.36. The molecule has 6 heteroatoms. The summed E-state index contributed by atoms with van der Waals surface area (Å²) in [5.41, 5.74) is 0.823. The van der Waals surface area contributed by atoms with E-state index >= 15 is 0 Å². The quantitative estimate of drug-likeness (QED) is 0.800. The lowest BCUT2D eigenvalue weighted by Gasteiger charge is -2.09. The minimum Gasteiger partial charge on any atom is -0.465 e. The molecule has 1 unspecified atom stereocenters. The zero-order chi connectivity index (χ0) is 14.3. The lowest BCUT2D eigenvalue weighted by Crippen LogP contribution is -2.07. The maximum Gasteiger partial charge on any atom is 0.348 e. The molecule has 2 aromatic rings. The molecule has 106 valence electrons. The third-order valence-electron chi connectivity index (χ3n) is 3.63. The van der Waals surface area contributed by atoms with E-state index < -0.39 is 15.1 Å². The van der Waals surface area contributed by atoms with Crippen LogP contribution in [0, 0.1) is 0 Å². The summed E-state index contributed by atoms with van der Waals surface area (Å²) in [6.07, 6.45) is 1.41. The van der Waals surface area contributed by atoms with Crippen LogP contribution in [0.4, 0.5) is 0 Å². The van der Waals surface area contributed by atoms with Gasteiger partial charge in [0.25, 0.3) is 0 Å². The number of thiophene rings is 1. The van der Waals surface area contributed by atoms with Crippen molar-refractivity contribution in [1.82, 2.24) is 0 Å². The van der Waals surface area contributed by atoms with Crippen molar-refractivity contribution >= 4 is 37.2 Å². The molecule has 1 fully saturated rings. The van der Waals surface area contributed by atoms with Gasteiger partial charge in [-0.3, -0.25) is 0 Å². The molecule has 0 radical (unpaired) electrons. The Morgan fingerprint density at radius 1 is 1.35 bits per heavy atom. The van der Waals surface area contributed by atoms with E-state index in [1.807, 2.05) is 18.2 Å². The SMILES string of the molecule is COC(=O)c1cc2cc(C3CCCS3(=O)=O)ccc2s1. The molecule has 0 aliphatic carbocycles. The zero-order valence-electron chi connectivity index (χ0n) is 11.0. The summed E-state index contributed by atoms with van der Waals surface area (Å²) in [4.78, 5) is 12.1. The van der Waals surface area contributed by atoms with Gasteiger partial charge in [-0.25, -0.2) is 13.2 Å². The predicted molar refractivity (Wildman–Crippen MR) is 78.9 cm³/mol. The standard InChI is InChI=1S/C14H14O4S2/c1-18-14(15)12-8-10-7-9(4-5-11(10)19-12)13-3-2-6-20(13,16)17/h4-5,7-8,13H,2-3,6H2,1H3. The number of carbonyl (C=O) groups excluding carboxylic acids is 1. The van der Waals surface area contributed by atoms with Gasteiger partial charge in [-0.15, -0.1) is 11.3 Å². The molecule has 1 atom stereocenters. The molecule has 0 bridgehead atoms. The predicted octanol–water partition coefficient (Wildman–Crippen LogP) is 2.94. The van der Waals surface area contributed by atoms with Crippen LogP contribution in [0.25, 0.3) is 10.1 Å². The second kappa shape index (κ2) is 4.86. The van der Waals surface area contributed by atoms with Gasteiger partial charge in [0.15, 0.2) is 9.84 Å². The molecule has 0 amide bonds. The first-order valence-corrected chi connectivity index (χ1v) is 8.88. The van der Waals surface area contributed by atoms with Crippen molar-refractivity contribution in [3.8, 4) is 0 Å². The lowest BCUT2D eigenvalue weighted by atomic mass is 10.1. The Bertz CT molecular complexity index is 774. The van der Waals surface area contributed by atoms with Gasteiger partial charge in [-0.05, 0) is 42.0 Å². The van der Waals surface area contributed by atoms with E-state index in [1.165, 1.54) is 18.4 Å². The van der Waals surface area contributed by atoms with Gasteiger partial charge in [0, 0.05) is 4.70 Å². The zero-order valence-corrected chi connectivity index (χ0v) is 12.6. The number of hydrogen-bond acceptors (Lipinski definition) is 5. The fourth-order valence-electron chi connectivity index (χ4n) is 2.63. The molecule has 0 saturated carbocycles. The Kier molecular flexibility index (Phi) is 3.30. The molecule has 0 N–H and O–H groups in total. The average Bonchev–Trinajstić information content (AvgIpc) is 2.99. The topological polar surface area (TPSA) is 60.4 Å². The maximum absolute atomic E-state index is 12.0. The van der Waals surface area contributed by atoms with Crippen LogP contribution >= 0.6 is 11.3 Å². The normalized spacial score (nSPS) is 21.1. The van der Waals surface area contributed by atoms with Crippen LogP contribution in [0.5, 0.6) is 0 Å². The van der Waals surface area contributed by atoms with Gasteiger partial charge >= 0.3 is 5.97 Å². The third kappa shape index (κ3) is 2.23. The number of rotatable bonds is 2. The highest BCUT2D eigenvalue weighted by atomic mass is 32.2. The Balaban J connectivity index is 2.05. The summed E-state index contributed by atoms with van der Waals surface area (Å²) in [5.74, 6) is -0.0894. The number of ether oxygens (including phenoxy) is 1. The van der Waals surface area contributed by atoms with Crippen LogP contribution in [-0.2, 0) is 14.6 Å². The molecule has 20 heavy (non-hydrogen) atoms. The van der Waals surface area contributed by atoms with Crippen LogP contribution in [0.3, 0.4) is 0 Å². The summed E-state index contributed by atoms with van der Waals surface area (Å²) in [6, 6.07) is 7.38. The van der Waals surface area contributed by atoms with Crippen molar-refractivity contribution in [1.29, 1.82) is 0 Å². The second-order valence-electron chi connectivity index (χ2n) is 4.90. The molecule has 4 nitrogen and oxygen atoms in total. The summed E-state index contributed by atoms with van der Waals surface area (Å²) in [5, 5.41) is 0.503. The van der Waals surface area contributed by atoms with Gasteiger partial charge in [-0.1, -0.05) is 6.07 Å². The Labute approximate surface area is 121 Å². The first kappa shape index (κ1) is 13.6. The van der Waals surface area contributed by atoms with Crippen molar-refractivity contribution in [3.63, 3.8) is 0 Å². The maximum atomic E-state index is 12.0. The molecule has 1 aliphatic heterocycles. The van der Waals surface area contributed by atoms with Gasteiger partial charge in [0.1, 0.15) is 4.88 Å². The molecule has 0 spiro atoms. The van der Waals surface area contributed by atoms with Gasteiger partial charge in [-0.2, -0.15) is 0 Å². The Morgan fingerprint density at radius 2 is 2.15 bits per heavy atom. The highest BCUT2D eigenvalue weighted by Crippen LogP contribution is 2.37. The lowest BCUT2D eigenvalue weighted by molar-refractivity contribution is 0.0606. The molecular formula is C14H14O4S2. The molecular weight excluding hydrogens is 296 g/mol. The first-order valence-electron chi connectivity index (χ1n) is 6.34. The fourth-order valence-corrected chi connectivity index (χ4v) is 5.53. The van der Waals surface area contributed by atoms with Crippen LogP contribution < -0.4 is 0 Å². The largest absolute Gasteiger partial charge is 0.465 e. The van der Waals surface area contributed by atoms with E-state index in [2.05, 4.69) is 0 Å². The fraction of sp³-hybridized carbons (Fsp3) is 0.357. The smallest absolute Gasteiger partial charge is 0.348 e. The highest BCUT2D eigenvalue weighted by molar-refractivity contribution is 7.91. The number of sulfone groups is 1. The van der Waals surface area contributed by atoms with Crippen molar-refractivity contribution < 1.29 is 17.9 Å². The summed E-state index contributed by atoms with van der Waals surface area (Å²) in [7, 11) is -1.66. The summed E-state index contributed by atoms with van der Waals surface area (Å²) < 4.78 is 29.6. The van der Waals surface area contributed by atoms with Crippen molar-refractivity contribution in [2.45, 2.75) is 18.1 Å². The number of hydrogen-bond donors (Lipinski definition) is 0. The van der Waals surface area contributed by atoms with E-state index in [0.717, 1.165) is 22.1 Å². The Hall–Kier alpha value is -1.40. The molecule has 3 rings (SSSR count). The van der Waals surface area contributed by atoms with Crippen molar-refractivity contribution in [2.24, 2.45) is 0 Å². The number of methoxy groups -OCH3 is 1. The van der Waals surface area contributed by atoms with Crippen LogP contribution in [-0.4, -0.2) is 27.2 Å². The van der Waals surface area contributed by atoms with E-state index in [0.29, 0.717) is 11.3 Å².